The number of aliphatic carboxylic acids is 1. The largest absolute Gasteiger partial charge is 0.494 e. The molecule has 8 nitrogen and oxygen atoms in total. The number of nitrogens with zero attached hydrogens (tertiary/aromatic N) is 3. The molecule has 0 amide bonds. The summed E-state index contributed by atoms with van der Waals surface area (Å²) in [7, 11) is -1.24. The van der Waals surface area contributed by atoms with Crippen LogP contribution >= 0.6 is 0 Å². The number of hydrogen-bond donors (Lipinski definition) is 1. The normalized spacial score (nSPS) is 13.0. The van der Waals surface area contributed by atoms with Crippen molar-refractivity contribution < 1.29 is 23.1 Å². The van der Waals surface area contributed by atoms with Gasteiger partial charge in [0.15, 0.2) is 0 Å². The number of ether oxygens (including phenoxy) is 1. The third kappa shape index (κ3) is 3.20. The molecule has 0 saturated carbocycles. The summed E-state index contributed by atoms with van der Waals surface area (Å²) in [4.78, 5) is 10.9. The second kappa shape index (κ2) is 6.39. The van der Waals surface area contributed by atoms with Crippen LogP contribution in [0.2, 0.25) is 0 Å². The monoisotopic (exact) mass is 339 g/mol. The maximum Gasteiger partial charge on any atom is 0.321 e. The second-order valence-electron chi connectivity index (χ2n) is 4.83. The predicted octanol–water partition coefficient (Wildman–Crippen LogP) is 0.975. The van der Waals surface area contributed by atoms with E-state index in [4.69, 9.17) is 9.84 Å². The Bertz CT molecular complexity index is 815. The van der Waals surface area contributed by atoms with E-state index in [-0.39, 0.29) is 4.90 Å². The Hall–Kier alpha value is -2.39. The average Bonchev–Trinajstić information content (AvgIpc) is 3.03. The van der Waals surface area contributed by atoms with Crippen LogP contribution in [-0.4, -0.2) is 53.8 Å². The first-order valence-electron chi connectivity index (χ1n) is 6.68. The molecule has 0 spiro atoms. The van der Waals surface area contributed by atoms with Crippen LogP contribution in [0.25, 0.3) is 5.69 Å². The summed E-state index contributed by atoms with van der Waals surface area (Å²) in [6.45, 7) is 1.30. The summed E-state index contributed by atoms with van der Waals surface area (Å²) in [5.74, 6) is -0.694. The number of carboxylic acid groups (broad SMARTS) is 1. The molecule has 2 aromatic rings. The van der Waals surface area contributed by atoms with Gasteiger partial charge in [-0.15, -0.1) is 0 Å². The molecule has 0 fully saturated rings. The van der Waals surface area contributed by atoms with Gasteiger partial charge in [0, 0.05) is 7.05 Å². The van der Waals surface area contributed by atoms with Crippen molar-refractivity contribution in [2.75, 3.05) is 14.2 Å². The van der Waals surface area contributed by atoms with Gasteiger partial charge in [-0.3, -0.25) is 4.79 Å². The van der Waals surface area contributed by atoms with Gasteiger partial charge in [0.25, 0.3) is 0 Å². The number of benzene rings is 1. The lowest BCUT2D eigenvalue weighted by atomic mass is 10.3. The molecule has 0 aliphatic carbocycles. The van der Waals surface area contributed by atoms with Gasteiger partial charge in [-0.05, 0) is 19.1 Å². The van der Waals surface area contributed by atoms with Crippen molar-refractivity contribution >= 4 is 16.0 Å². The number of hydrogen-bond acceptors (Lipinski definition) is 5. The lowest BCUT2D eigenvalue weighted by Crippen LogP contribution is -2.40. The van der Waals surface area contributed by atoms with E-state index in [0.29, 0.717) is 11.4 Å². The van der Waals surface area contributed by atoms with Crippen molar-refractivity contribution in [3.05, 3.63) is 36.7 Å². The van der Waals surface area contributed by atoms with Crippen LogP contribution in [-0.2, 0) is 14.8 Å². The Kier molecular flexibility index (Phi) is 4.71. The van der Waals surface area contributed by atoms with Crippen molar-refractivity contribution in [2.45, 2.75) is 17.9 Å². The van der Waals surface area contributed by atoms with Gasteiger partial charge < -0.3 is 9.84 Å². The Labute approximate surface area is 134 Å². The van der Waals surface area contributed by atoms with Crippen LogP contribution in [0.3, 0.4) is 0 Å². The molecular formula is C14H17N3O5S. The zero-order valence-corrected chi connectivity index (χ0v) is 13.7. The van der Waals surface area contributed by atoms with Crippen LogP contribution in [0.5, 0.6) is 5.75 Å². The Morgan fingerprint density at radius 3 is 2.65 bits per heavy atom. The number of carboxylic acids is 1. The SMILES string of the molecule is COc1ccccc1-n1cc(S(=O)(=O)N(C)C(C)C(=O)O)cn1. The molecule has 0 aliphatic heterocycles. The minimum Gasteiger partial charge on any atom is -0.494 e. The molecule has 23 heavy (non-hydrogen) atoms. The highest BCUT2D eigenvalue weighted by Crippen LogP contribution is 2.23. The Morgan fingerprint density at radius 1 is 1.39 bits per heavy atom. The maximum atomic E-state index is 12.5. The lowest BCUT2D eigenvalue weighted by Gasteiger charge is -2.19. The molecule has 1 unspecified atom stereocenters. The number of carbonyl (C=O) groups is 1. The summed E-state index contributed by atoms with van der Waals surface area (Å²) < 4.78 is 32.3. The van der Waals surface area contributed by atoms with Gasteiger partial charge in [-0.2, -0.15) is 9.40 Å². The zero-order valence-electron chi connectivity index (χ0n) is 12.9. The molecule has 0 saturated heterocycles. The van der Waals surface area contributed by atoms with E-state index in [1.807, 2.05) is 0 Å². The number of para-hydroxylation sites is 2. The van der Waals surface area contributed by atoms with Crippen molar-refractivity contribution in [3.8, 4) is 11.4 Å². The highest BCUT2D eigenvalue weighted by molar-refractivity contribution is 7.89. The van der Waals surface area contributed by atoms with Crippen LogP contribution in [0.4, 0.5) is 0 Å². The van der Waals surface area contributed by atoms with Crippen LogP contribution in [0.1, 0.15) is 6.92 Å². The Balaban J connectivity index is 2.41. The fourth-order valence-electron chi connectivity index (χ4n) is 1.92. The quantitative estimate of drug-likeness (QED) is 0.841. The van der Waals surface area contributed by atoms with Crippen molar-refractivity contribution in [1.82, 2.24) is 14.1 Å². The lowest BCUT2D eigenvalue weighted by molar-refractivity contribution is -0.140. The van der Waals surface area contributed by atoms with Crippen LogP contribution in [0, 0.1) is 0 Å². The number of likely N-dealkylation sites (N-methyl/N-ethyl adjacent to an activating group) is 1. The van der Waals surface area contributed by atoms with Gasteiger partial charge in [-0.1, -0.05) is 12.1 Å². The van der Waals surface area contributed by atoms with E-state index >= 15 is 0 Å². The van der Waals surface area contributed by atoms with E-state index in [9.17, 15) is 13.2 Å². The van der Waals surface area contributed by atoms with E-state index in [1.54, 1.807) is 24.3 Å². The molecule has 2 rings (SSSR count). The average molecular weight is 339 g/mol. The van der Waals surface area contributed by atoms with E-state index in [2.05, 4.69) is 5.10 Å². The molecule has 1 atom stereocenters. The minimum absolute atomic E-state index is 0.0981. The molecule has 0 aliphatic rings. The van der Waals surface area contributed by atoms with Crippen molar-refractivity contribution in [2.24, 2.45) is 0 Å². The van der Waals surface area contributed by atoms with Gasteiger partial charge in [-0.25, -0.2) is 13.1 Å². The van der Waals surface area contributed by atoms with Gasteiger partial charge in [0.1, 0.15) is 22.4 Å². The molecule has 124 valence electrons. The van der Waals surface area contributed by atoms with Crippen LogP contribution in [0.15, 0.2) is 41.6 Å². The molecule has 9 heteroatoms. The molecule has 0 bridgehead atoms. The number of aromatic nitrogens is 2. The third-order valence-corrected chi connectivity index (χ3v) is 5.35. The molecule has 0 radical (unpaired) electrons. The molecule has 1 N–H and O–H groups in total. The van der Waals surface area contributed by atoms with E-state index in [1.165, 1.54) is 38.2 Å². The summed E-state index contributed by atoms with van der Waals surface area (Å²) in [6.07, 6.45) is 2.49. The highest BCUT2D eigenvalue weighted by Gasteiger charge is 2.30. The molecule has 1 aromatic heterocycles. The summed E-state index contributed by atoms with van der Waals surface area (Å²) in [5, 5.41) is 13.0. The second-order valence-corrected chi connectivity index (χ2v) is 6.83. The smallest absolute Gasteiger partial charge is 0.321 e. The Morgan fingerprint density at radius 2 is 2.04 bits per heavy atom. The summed E-state index contributed by atoms with van der Waals surface area (Å²) in [5.41, 5.74) is 0.574. The molecular weight excluding hydrogens is 322 g/mol. The maximum absolute atomic E-state index is 12.5. The standard InChI is InChI=1S/C14H17N3O5S/c1-10(14(18)19)16(2)23(20,21)11-8-15-17(9-11)12-6-4-5-7-13(12)22-3/h4-10H,1-3H3,(H,18,19). The third-order valence-electron chi connectivity index (χ3n) is 3.47. The van der Waals surface area contributed by atoms with E-state index < -0.39 is 22.0 Å². The first-order valence-corrected chi connectivity index (χ1v) is 8.12. The molecule has 1 aromatic carbocycles. The van der Waals surface area contributed by atoms with Crippen LogP contribution < -0.4 is 4.74 Å². The topological polar surface area (TPSA) is 102 Å². The summed E-state index contributed by atoms with van der Waals surface area (Å²) in [6, 6.07) is 5.82. The summed E-state index contributed by atoms with van der Waals surface area (Å²) >= 11 is 0. The predicted molar refractivity (Wildman–Crippen MR) is 82.2 cm³/mol. The first kappa shape index (κ1) is 17.0. The van der Waals surface area contributed by atoms with Crippen molar-refractivity contribution in [1.29, 1.82) is 0 Å². The fourth-order valence-corrected chi connectivity index (χ4v) is 3.17. The minimum atomic E-state index is -3.96. The highest BCUT2D eigenvalue weighted by atomic mass is 32.2. The number of sulfonamides is 1. The van der Waals surface area contributed by atoms with Gasteiger partial charge in [0.2, 0.25) is 10.0 Å². The van der Waals surface area contributed by atoms with Gasteiger partial charge in [0.05, 0.1) is 19.5 Å². The number of rotatable bonds is 6. The van der Waals surface area contributed by atoms with E-state index in [0.717, 1.165) is 4.31 Å². The zero-order chi connectivity index (χ0) is 17.2. The van der Waals surface area contributed by atoms with Gasteiger partial charge >= 0.3 is 5.97 Å². The number of methoxy groups -OCH3 is 1. The van der Waals surface area contributed by atoms with Crippen molar-refractivity contribution in [3.63, 3.8) is 0 Å². The first-order chi connectivity index (χ1) is 10.8. The molecule has 1 heterocycles. The fraction of sp³-hybridized carbons (Fsp3) is 0.286.